The Morgan fingerprint density at radius 1 is 0.853 bits per heavy atom. The molecule has 0 bridgehead atoms. The second kappa shape index (κ2) is 12.0. The second-order valence-electron chi connectivity index (χ2n) is 7.38. The lowest BCUT2D eigenvalue weighted by atomic mass is 10.1. The van der Waals surface area contributed by atoms with Crippen molar-refractivity contribution in [2.45, 2.75) is 20.3 Å². The normalized spacial score (nSPS) is 10.5. The van der Waals surface area contributed by atoms with Gasteiger partial charge in [-0.3, -0.25) is 14.4 Å². The molecule has 8 nitrogen and oxygen atoms in total. The first-order valence-electron chi connectivity index (χ1n) is 10.8. The molecule has 3 aromatic rings. The van der Waals surface area contributed by atoms with Crippen LogP contribution in [-0.2, 0) is 20.8 Å². The monoisotopic (exact) mass is 458 g/mol. The number of aryl methyl sites for hydroxylation is 2. The van der Waals surface area contributed by atoms with Crippen LogP contribution in [0.25, 0.3) is 0 Å². The van der Waals surface area contributed by atoms with Gasteiger partial charge in [0.1, 0.15) is 5.75 Å². The molecule has 0 aromatic heterocycles. The minimum absolute atomic E-state index is 0.131. The van der Waals surface area contributed by atoms with Crippen LogP contribution in [0.5, 0.6) is 5.75 Å². The molecule has 0 aliphatic carbocycles. The summed E-state index contributed by atoms with van der Waals surface area (Å²) in [5.41, 5.74) is 6.12. The number of ether oxygens (including phenoxy) is 1. The number of carbonyl (C=O) groups is 3. The number of hydrogen-bond acceptors (Lipinski definition) is 5. The summed E-state index contributed by atoms with van der Waals surface area (Å²) in [6, 6.07) is 21.6. The molecule has 3 N–H and O–H groups in total. The van der Waals surface area contributed by atoms with Gasteiger partial charge in [0.2, 0.25) is 0 Å². The lowest BCUT2D eigenvalue weighted by molar-refractivity contribution is -0.136. The minimum atomic E-state index is -0.873. The molecule has 0 saturated carbocycles. The molecule has 0 aliphatic rings. The number of rotatable bonds is 8. The first kappa shape index (κ1) is 24.2. The molecule has 0 aliphatic heterocycles. The summed E-state index contributed by atoms with van der Waals surface area (Å²) in [4.78, 5) is 36.2. The third-order valence-electron chi connectivity index (χ3n) is 4.90. The predicted molar refractivity (Wildman–Crippen MR) is 132 cm³/mol. The van der Waals surface area contributed by atoms with Gasteiger partial charge in [-0.2, -0.15) is 5.10 Å². The van der Waals surface area contributed by atoms with Gasteiger partial charge in [-0.15, -0.1) is 0 Å². The van der Waals surface area contributed by atoms with Gasteiger partial charge in [-0.05, 0) is 66.4 Å². The topological polar surface area (TPSA) is 109 Å². The van der Waals surface area contributed by atoms with Crippen molar-refractivity contribution in [3.05, 3.63) is 89.5 Å². The molecule has 34 heavy (non-hydrogen) atoms. The highest BCUT2D eigenvalue weighted by molar-refractivity contribution is 6.39. The van der Waals surface area contributed by atoms with E-state index in [2.05, 4.69) is 21.2 Å². The molecule has 0 unspecified atom stereocenters. The Bertz CT molecular complexity index is 1190. The van der Waals surface area contributed by atoms with Crippen LogP contribution in [0.4, 0.5) is 11.4 Å². The number of anilines is 2. The lowest BCUT2D eigenvalue weighted by Crippen LogP contribution is -2.32. The number of amides is 3. The van der Waals surface area contributed by atoms with Crippen LogP contribution in [0, 0.1) is 6.92 Å². The van der Waals surface area contributed by atoms with E-state index in [1.807, 2.05) is 50.2 Å². The molecule has 0 atom stereocenters. The quantitative estimate of drug-likeness (QED) is 0.272. The Balaban J connectivity index is 1.45. The van der Waals surface area contributed by atoms with Gasteiger partial charge in [0, 0.05) is 11.4 Å². The van der Waals surface area contributed by atoms with Crippen LogP contribution in [-0.4, -0.2) is 30.5 Å². The zero-order valence-electron chi connectivity index (χ0n) is 19.0. The van der Waals surface area contributed by atoms with E-state index in [0.717, 1.165) is 23.2 Å². The van der Waals surface area contributed by atoms with Gasteiger partial charge in [0.25, 0.3) is 5.91 Å². The Hall–Kier alpha value is -4.46. The number of nitrogens with zero attached hydrogens (tertiary/aromatic N) is 1. The van der Waals surface area contributed by atoms with Gasteiger partial charge >= 0.3 is 11.8 Å². The molecule has 3 aromatic carbocycles. The van der Waals surface area contributed by atoms with E-state index in [4.69, 9.17) is 4.74 Å². The summed E-state index contributed by atoms with van der Waals surface area (Å²) >= 11 is 0. The van der Waals surface area contributed by atoms with Crippen LogP contribution in [0.3, 0.4) is 0 Å². The first-order chi connectivity index (χ1) is 16.5. The van der Waals surface area contributed by atoms with Gasteiger partial charge in [0.05, 0.1) is 6.21 Å². The zero-order valence-corrected chi connectivity index (χ0v) is 19.0. The molecule has 0 radical (unpaired) electrons. The Morgan fingerprint density at radius 2 is 1.53 bits per heavy atom. The molecule has 0 fully saturated rings. The van der Waals surface area contributed by atoms with Crippen LogP contribution in [0.15, 0.2) is 77.9 Å². The van der Waals surface area contributed by atoms with E-state index < -0.39 is 11.8 Å². The maximum absolute atomic E-state index is 12.1. The van der Waals surface area contributed by atoms with E-state index in [0.29, 0.717) is 17.0 Å². The minimum Gasteiger partial charge on any atom is -0.484 e. The number of benzene rings is 3. The van der Waals surface area contributed by atoms with Crippen molar-refractivity contribution in [3.63, 3.8) is 0 Å². The fourth-order valence-corrected chi connectivity index (χ4v) is 3.04. The first-order valence-corrected chi connectivity index (χ1v) is 10.8. The number of para-hydroxylation sites is 2. The van der Waals surface area contributed by atoms with E-state index in [-0.39, 0.29) is 12.5 Å². The third kappa shape index (κ3) is 7.03. The van der Waals surface area contributed by atoms with Gasteiger partial charge in [-0.1, -0.05) is 43.3 Å². The highest BCUT2D eigenvalue weighted by Crippen LogP contribution is 2.16. The Morgan fingerprint density at radius 3 is 2.24 bits per heavy atom. The van der Waals surface area contributed by atoms with Crippen molar-refractivity contribution in [2.75, 3.05) is 17.2 Å². The number of hydrogen-bond donors (Lipinski definition) is 3. The molecule has 8 heteroatoms. The molecule has 3 rings (SSSR count). The molecule has 0 saturated heterocycles. The maximum Gasteiger partial charge on any atom is 0.329 e. The zero-order chi connectivity index (χ0) is 24.3. The van der Waals surface area contributed by atoms with Crippen molar-refractivity contribution < 1.29 is 19.1 Å². The van der Waals surface area contributed by atoms with E-state index in [1.54, 1.807) is 36.4 Å². The number of nitrogens with one attached hydrogen (secondary N) is 3. The Kier molecular flexibility index (Phi) is 8.51. The van der Waals surface area contributed by atoms with Crippen molar-refractivity contribution in [3.8, 4) is 5.75 Å². The molecule has 3 amide bonds. The van der Waals surface area contributed by atoms with E-state index in [1.165, 1.54) is 6.21 Å². The van der Waals surface area contributed by atoms with E-state index in [9.17, 15) is 14.4 Å². The van der Waals surface area contributed by atoms with Crippen LogP contribution >= 0.6 is 0 Å². The summed E-state index contributed by atoms with van der Waals surface area (Å²) in [6.45, 7) is 3.75. The summed E-state index contributed by atoms with van der Waals surface area (Å²) in [6.07, 6.45) is 2.13. The van der Waals surface area contributed by atoms with Gasteiger partial charge < -0.3 is 15.4 Å². The fraction of sp³-hybridized carbons (Fsp3) is 0.154. The summed E-state index contributed by atoms with van der Waals surface area (Å²) in [5.74, 6) is -1.43. The summed E-state index contributed by atoms with van der Waals surface area (Å²) < 4.78 is 5.51. The van der Waals surface area contributed by atoms with Gasteiger partial charge in [0.15, 0.2) is 6.61 Å². The molecule has 0 heterocycles. The highest BCUT2D eigenvalue weighted by atomic mass is 16.5. The highest BCUT2D eigenvalue weighted by Gasteiger charge is 2.14. The van der Waals surface area contributed by atoms with Crippen LogP contribution in [0.2, 0.25) is 0 Å². The molecule has 174 valence electrons. The second-order valence-corrected chi connectivity index (χ2v) is 7.38. The number of carbonyl (C=O) groups excluding carboxylic acids is 3. The SMILES string of the molecule is CCc1ccccc1NC(=O)C(=O)N/N=C\c1ccc(OCC(=O)Nc2ccccc2C)cc1. The van der Waals surface area contributed by atoms with Crippen molar-refractivity contribution in [1.82, 2.24) is 5.43 Å². The van der Waals surface area contributed by atoms with Crippen LogP contribution < -0.4 is 20.8 Å². The van der Waals surface area contributed by atoms with E-state index >= 15 is 0 Å². The van der Waals surface area contributed by atoms with Crippen molar-refractivity contribution >= 4 is 35.3 Å². The van der Waals surface area contributed by atoms with Gasteiger partial charge in [-0.25, -0.2) is 5.43 Å². The summed E-state index contributed by atoms with van der Waals surface area (Å²) in [7, 11) is 0. The smallest absolute Gasteiger partial charge is 0.329 e. The molecule has 0 spiro atoms. The summed E-state index contributed by atoms with van der Waals surface area (Å²) in [5, 5.41) is 9.20. The van der Waals surface area contributed by atoms with Crippen molar-refractivity contribution in [2.24, 2.45) is 5.10 Å². The predicted octanol–water partition coefficient (Wildman–Crippen LogP) is 3.66. The maximum atomic E-state index is 12.1. The average molecular weight is 459 g/mol. The molecular weight excluding hydrogens is 432 g/mol. The standard InChI is InChI=1S/C26H26N4O4/c1-3-20-9-5-7-11-23(20)29-25(32)26(33)30-27-16-19-12-14-21(15-13-19)34-17-24(31)28-22-10-6-4-8-18(22)2/h4-16H,3,17H2,1-2H3,(H,28,31)(H,29,32)(H,30,33)/b27-16-. The third-order valence-corrected chi connectivity index (χ3v) is 4.90. The van der Waals surface area contributed by atoms with Crippen LogP contribution in [0.1, 0.15) is 23.6 Å². The van der Waals surface area contributed by atoms with Crippen molar-refractivity contribution in [1.29, 1.82) is 0 Å². The lowest BCUT2D eigenvalue weighted by Gasteiger charge is -2.09. The molecular formula is C26H26N4O4. The largest absolute Gasteiger partial charge is 0.484 e. The Labute approximate surface area is 198 Å². The fourth-order valence-electron chi connectivity index (χ4n) is 3.04. The average Bonchev–Trinajstić information content (AvgIpc) is 2.85. The number of hydrazone groups is 1.